The zero-order valence-corrected chi connectivity index (χ0v) is 20.9. The van der Waals surface area contributed by atoms with Gasteiger partial charge in [0.1, 0.15) is 17.4 Å². The van der Waals surface area contributed by atoms with Gasteiger partial charge in [-0.05, 0) is 43.4 Å². The van der Waals surface area contributed by atoms with Crippen molar-refractivity contribution < 1.29 is 22.4 Å². The summed E-state index contributed by atoms with van der Waals surface area (Å²) in [6.07, 6.45) is -4.39. The number of alkyl halides is 3. The molecule has 0 atom stereocenters. The highest BCUT2D eigenvalue weighted by atomic mass is 35.5. The largest absolute Gasteiger partial charge is 0.488 e. The van der Waals surface area contributed by atoms with E-state index in [0.29, 0.717) is 33.5 Å². The Balaban J connectivity index is 1.57. The van der Waals surface area contributed by atoms with Crippen LogP contribution >= 0.6 is 22.9 Å². The summed E-state index contributed by atoms with van der Waals surface area (Å²) in [4.78, 5) is 21.4. The summed E-state index contributed by atoms with van der Waals surface area (Å²) in [5.74, 6) is 0.0192. The van der Waals surface area contributed by atoms with Crippen LogP contribution in [0.4, 0.5) is 13.2 Å². The summed E-state index contributed by atoms with van der Waals surface area (Å²) in [6.45, 7) is 6.53. The number of rotatable bonds is 9. The first kappa shape index (κ1) is 25.9. The van der Waals surface area contributed by atoms with Crippen molar-refractivity contribution in [3.8, 4) is 27.7 Å². The van der Waals surface area contributed by atoms with Crippen molar-refractivity contribution in [3.05, 3.63) is 74.2 Å². The molecular weight excluding hydrogens is 517 g/mol. The maximum absolute atomic E-state index is 13.0. The van der Waals surface area contributed by atoms with Gasteiger partial charge >= 0.3 is 11.9 Å². The van der Waals surface area contributed by atoms with Gasteiger partial charge in [-0.15, -0.1) is 11.3 Å². The fourth-order valence-corrected chi connectivity index (χ4v) is 4.73. The van der Waals surface area contributed by atoms with Gasteiger partial charge in [-0.3, -0.25) is 14.4 Å². The molecule has 0 aliphatic heterocycles. The maximum atomic E-state index is 13.0. The molecule has 190 valence electrons. The van der Waals surface area contributed by atoms with Crippen LogP contribution in [0.5, 0.6) is 5.75 Å². The van der Waals surface area contributed by atoms with Crippen LogP contribution in [-0.4, -0.2) is 33.1 Å². The average molecular weight is 539 g/mol. The molecule has 36 heavy (non-hydrogen) atoms. The third-order valence-corrected chi connectivity index (χ3v) is 6.94. The Morgan fingerprint density at radius 3 is 2.44 bits per heavy atom. The van der Waals surface area contributed by atoms with Gasteiger partial charge in [0.05, 0.1) is 21.2 Å². The molecule has 0 spiro atoms. The van der Waals surface area contributed by atoms with Crippen molar-refractivity contribution in [1.29, 1.82) is 0 Å². The first-order valence-electron chi connectivity index (χ1n) is 11.0. The molecule has 0 unspecified atom stereocenters. The summed E-state index contributed by atoms with van der Waals surface area (Å²) < 4.78 is 49.4. The number of thiazole rings is 1. The highest BCUT2D eigenvalue weighted by molar-refractivity contribution is 7.15. The van der Waals surface area contributed by atoms with E-state index in [-0.39, 0.29) is 12.4 Å². The first-order valence-corrected chi connectivity index (χ1v) is 12.2. The van der Waals surface area contributed by atoms with Crippen molar-refractivity contribution in [2.45, 2.75) is 33.2 Å². The number of halogens is 4. The van der Waals surface area contributed by atoms with Crippen LogP contribution in [0, 0.1) is 0 Å². The van der Waals surface area contributed by atoms with E-state index in [9.17, 15) is 18.0 Å². The highest BCUT2D eigenvalue weighted by Gasteiger charge is 2.30. The fraction of sp³-hybridized carbons (Fsp3) is 0.292. The van der Waals surface area contributed by atoms with E-state index in [1.807, 2.05) is 0 Å². The van der Waals surface area contributed by atoms with Gasteiger partial charge in [0.2, 0.25) is 0 Å². The molecule has 12 heteroatoms. The molecule has 0 aliphatic carbocycles. The molecule has 0 amide bonds. The predicted molar refractivity (Wildman–Crippen MR) is 131 cm³/mol. The lowest BCUT2D eigenvalue weighted by Gasteiger charge is -2.17. The Hall–Kier alpha value is -3.15. The quantitative estimate of drug-likeness (QED) is 0.271. The molecule has 0 saturated carbocycles. The number of nitrogens with zero attached hydrogens (tertiary/aromatic N) is 3. The number of ether oxygens (including phenoxy) is 1. The molecule has 4 aromatic rings. The number of hydrogen-bond donors (Lipinski definition) is 1. The molecule has 7 nitrogen and oxygen atoms in total. The molecule has 2 aromatic heterocycles. The smallest absolute Gasteiger partial charge is 0.439 e. The van der Waals surface area contributed by atoms with Gasteiger partial charge < -0.3 is 4.74 Å². The van der Waals surface area contributed by atoms with Gasteiger partial charge in [-0.2, -0.15) is 13.2 Å². The predicted octanol–water partition coefficient (Wildman–Crippen LogP) is 6.25. The lowest BCUT2D eigenvalue weighted by Crippen LogP contribution is -2.23. The van der Waals surface area contributed by atoms with Crippen molar-refractivity contribution in [3.63, 3.8) is 0 Å². The van der Waals surface area contributed by atoms with Crippen molar-refractivity contribution in [2.24, 2.45) is 0 Å². The number of nitrogens with one attached hydrogen (secondary N) is 1. The molecule has 2 aromatic carbocycles. The standard InChI is InChI=1S/C24H22ClF3N4O3S/c1-3-32(4-2)12-19-20(36-22(29-19)14-5-7-15(8-6-14)24(26,27)28)13-34-16-9-10-17(18(25)11-16)21-30-23(33)35-31-21/h5-11H,3-4,12-13H2,1-2H3,(H,30,31,33). The Bertz CT molecular complexity index is 1380. The van der Waals surface area contributed by atoms with E-state index in [0.717, 1.165) is 35.8 Å². The van der Waals surface area contributed by atoms with Crippen LogP contribution in [-0.2, 0) is 19.3 Å². The monoisotopic (exact) mass is 538 g/mol. The highest BCUT2D eigenvalue weighted by Crippen LogP contribution is 2.34. The SMILES string of the molecule is CCN(CC)Cc1nc(-c2ccc(C(F)(F)F)cc2)sc1COc1ccc(-c2noc(=O)[nH]2)c(Cl)c1. The van der Waals surface area contributed by atoms with Crippen LogP contribution in [0.1, 0.15) is 30.0 Å². The molecular formula is C24H22ClF3N4O3S. The summed E-state index contributed by atoms with van der Waals surface area (Å²) in [6, 6.07) is 9.93. The van der Waals surface area contributed by atoms with Gasteiger partial charge in [0.15, 0.2) is 5.82 Å². The van der Waals surface area contributed by atoms with Crippen molar-refractivity contribution in [1.82, 2.24) is 20.0 Å². The number of aromatic nitrogens is 3. The second-order valence-corrected chi connectivity index (χ2v) is 9.29. The minimum atomic E-state index is -4.39. The number of aromatic amines is 1. The van der Waals surface area contributed by atoms with Crippen LogP contribution in [0.3, 0.4) is 0 Å². The average Bonchev–Trinajstić information content (AvgIpc) is 3.46. The number of H-pyrrole nitrogens is 1. The number of hydrogen-bond acceptors (Lipinski definition) is 7. The van der Waals surface area contributed by atoms with Gasteiger partial charge in [-0.25, -0.2) is 9.78 Å². The summed E-state index contributed by atoms with van der Waals surface area (Å²) in [5.41, 5.74) is 1.19. The lowest BCUT2D eigenvalue weighted by molar-refractivity contribution is -0.137. The maximum Gasteiger partial charge on any atom is 0.439 e. The van der Waals surface area contributed by atoms with Crippen molar-refractivity contribution in [2.75, 3.05) is 13.1 Å². The minimum Gasteiger partial charge on any atom is -0.488 e. The number of benzene rings is 2. The zero-order chi connectivity index (χ0) is 25.9. The van der Waals surface area contributed by atoms with E-state index in [4.69, 9.17) is 21.3 Å². The van der Waals surface area contributed by atoms with Gasteiger partial charge in [-0.1, -0.05) is 42.7 Å². The molecule has 0 aliphatic rings. The summed E-state index contributed by atoms with van der Waals surface area (Å²) in [7, 11) is 0. The molecule has 0 radical (unpaired) electrons. The van der Waals surface area contributed by atoms with Crippen LogP contribution < -0.4 is 10.5 Å². The second kappa shape index (κ2) is 10.9. The topological polar surface area (TPSA) is 84.2 Å². The molecule has 2 heterocycles. The van der Waals surface area contributed by atoms with Crippen LogP contribution in [0.2, 0.25) is 5.02 Å². The van der Waals surface area contributed by atoms with Gasteiger partial charge in [0.25, 0.3) is 0 Å². The summed E-state index contributed by atoms with van der Waals surface area (Å²) >= 11 is 7.72. The van der Waals surface area contributed by atoms with Crippen molar-refractivity contribution >= 4 is 22.9 Å². The minimum absolute atomic E-state index is 0.200. The normalized spacial score (nSPS) is 11.9. The molecule has 0 fully saturated rings. The molecule has 0 bridgehead atoms. The van der Waals surface area contributed by atoms with E-state index < -0.39 is 17.5 Å². The van der Waals surface area contributed by atoms with E-state index in [1.54, 1.807) is 18.2 Å². The third kappa shape index (κ3) is 5.97. The van der Waals surface area contributed by atoms with Gasteiger partial charge in [0, 0.05) is 17.7 Å². The molecule has 0 saturated heterocycles. The third-order valence-electron chi connectivity index (χ3n) is 5.51. The molecule has 4 rings (SSSR count). The Kier molecular flexibility index (Phi) is 7.82. The zero-order valence-electron chi connectivity index (χ0n) is 19.4. The Morgan fingerprint density at radius 2 is 1.86 bits per heavy atom. The van der Waals surface area contributed by atoms with E-state index in [2.05, 4.69) is 33.4 Å². The first-order chi connectivity index (χ1) is 17.2. The molecule has 1 N–H and O–H groups in total. The van der Waals surface area contributed by atoms with Crippen LogP contribution in [0.15, 0.2) is 51.8 Å². The van der Waals surface area contributed by atoms with Crippen LogP contribution in [0.25, 0.3) is 22.0 Å². The summed E-state index contributed by atoms with van der Waals surface area (Å²) in [5, 5.41) is 4.57. The lowest BCUT2D eigenvalue weighted by atomic mass is 10.1. The Labute approximate surface area is 213 Å². The van der Waals surface area contributed by atoms with E-state index in [1.165, 1.54) is 23.5 Å². The fourth-order valence-electron chi connectivity index (χ4n) is 3.48. The second-order valence-electron chi connectivity index (χ2n) is 7.80. The Morgan fingerprint density at radius 1 is 1.14 bits per heavy atom. The van der Waals surface area contributed by atoms with E-state index >= 15 is 0 Å².